The molecule has 2 aromatic heterocycles. The number of aromatic amines is 1. The zero-order chi connectivity index (χ0) is 15.7. The van der Waals surface area contributed by atoms with Crippen LogP contribution in [0.3, 0.4) is 0 Å². The second-order valence-electron chi connectivity index (χ2n) is 4.43. The van der Waals surface area contributed by atoms with E-state index in [0.29, 0.717) is 0 Å². The second kappa shape index (κ2) is 5.41. The van der Waals surface area contributed by atoms with Crippen molar-refractivity contribution in [1.82, 2.24) is 9.97 Å². The van der Waals surface area contributed by atoms with Gasteiger partial charge in [-0.1, -0.05) is 18.2 Å². The Morgan fingerprint density at radius 2 is 2.00 bits per heavy atom. The fourth-order valence-electron chi connectivity index (χ4n) is 1.90. The van der Waals surface area contributed by atoms with E-state index in [2.05, 4.69) is 9.97 Å². The molecular formula is C14H9N3O4S. The monoisotopic (exact) mass is 315 g/mol. The van der Waals surface area contributed by atoms with Gasteiger partial charge >= 0.3 is 5.69 Å². The summed E-state index contributed by atoms with van der Waals surface area (Å²) in [6, 6.07) is 6.44. The minimum Gasteiger partial charge on any atom is -0.508 e. The van der Waals surface area contributed by atoms with Crippen molar-refractivity contribution in [1.29, 1.82) is 0 Å². The summed E-state index contributed by atoms with van der Waals surface area (Å²) in [6.07, 6.45) is 3.23. The van der Waals surface area contributed by atoms with Crippen molar-refractivity contribution >= 4 is 39.4 Å². The zero-order valence-electron chi connectivity index (χ0n) is 11.0. The fourth-order valence-corrected chi connectivity index (χ4v) is 2.75. The molecule has 8 heteroatoms. The van der Waals surface area contributed by atoms with Crippen molar-refractivity contribution in [2.75, 3.05) is 0 Å². The van der Waals surface area contributed by atoms with E-state index in [9.17, 15) is 20.0 Å². The van der Waals surface area contributed by atoms with Crippen LogP contribution in [0.1, 0.15) is 11.4 Å². The normalized spacial score (nSPS) is 11.3. The summed E-state index contributed by atoms with van der Waals surface area (Å²) < 4.78 is 0.230. The van der Waals surface area contributed by atoms with Crippen LogP contribution in [0.25, 0.3) is 22.4 Å². The van der Waals surface area contributed by atoms with Gasteiger partial charge in [-0.25, -0.2) is 4.98 Å². The maximum Gasteiger partial charge on any atom is 0.306 e. The molecule has 2 heterocycles. The Kier molecular flexibility index (Phi) is 3.43. The number of H-pyrrole nitrogens is 1. The molecule has 0 atom stereocenters. The van der Waals surface area contributed by atoms with Gasteiger partial charge in [-0.3, -0.25) is 14.9 Å². The van der Waals surface area contributed by atoms with Gasteiger partial charge in [-0.15, -0.1) is 11.3 Å². The van der Waals surface area contributed by atoms with Crippen molar-refractivity contribution in [2.24, 2.45) is 0 Å². The first-order chi connectivity index (χ1) is 10.5. The number of hydrogen-bond acceptors (Lipinski definition) is 6. The summed E-state index contributed by atoms with van der Waals surface area (Å²) in [4.78, 5) is 29.0. The molecule has 22 heavy (non-hydrogen) atoms. The lowest BCUT2D eigenvalue weighted by atomic mass is 10.2. The average Bonchev–Trinajstić information content (AvgIpc) is 2.91. The van der Waals surface area contributed by atoms with Crippen LogP contribution >= 0.6 is 11.3 Å². The molecule has 0 radical (unpaired) electrons. The van der Waals surface area contributed by atoms with E-state index in [1.807, 2.05) is 0 Å². The predicted molar refractivity (Wildman–Crippen MR) is 83.9 cm³/mol. The number of nitro groups is 1. The van der Waals surface area contributed by atoms with Gasteiger partial charge < -0.3 is 10.1 Å². The smallest absolute Gasteiger partial charge is 0.306 e. The van der Waals surface area contributed by atoms with E-state index in [-0.39, 0.29) is 27.5 Å². The molecule has 0 aliphatic rings. The van der Waals surface area contributed by atoms with Gasteiger partial charge in [0.1, 0.15) is 16.3 Å². The number of nitrogens with one attached hydrogen (secondary N) is 1. The fraction of sp³-hybridized carbons (Fsp3) is 0. The van der Waals surface area contributed by atoms with E-state index in [1.54, 1.807) is 24.3 Å². The first kappa shape index (κ1) is 14.0. The first-order valence-electron chi connectivity index (χ1n) is 6.17. The highest BCUT2D eigenvalue weighted by Crippen LogP contribution is 2.27. The summed E-state index contributed by atoms with van der Waals surface area (Å²) in [5.74, 6) is 0.381. The number of rotatable bonds is 3. The van der Waals surface area contributed by atoms with E-state index in [1.165, 1.54) is 17.5 Å². The summed E-state index contributed by atoms with van der Waals surface area (Å²) in [5, 5.41) is 21.4. The largest absolute Gasteiger partial charge is 0.508 e. The highest BCUT2D eigenvalue weighted by Gasteiger charge is 2.18. The van der Waals surface area contributed by atoms with Crippen LogP contribution in [0.2, 0.25) is 0 Å². The molecule has 0 fully saturated rings. The summed E-state index contributed by atoms with van der Waals surface area (Å²) in [6.45, 7) is 0. The zero-order valence-corrected chi connectivity index (χ0v) is 11.8. The van der Waals surface area contributed by atoms with Crippen LogP contribution in [0, 0.1) is 10.1 Å². The molecule has 7 nitrogen and oxygen atoms in total. The summed E-state index contributed by atoms with van der Waals surface area (Å²) in [7, 11) is 0. The van der Waals surface area contributed by atoms with Crippen LogP contribution in [0.15, 0.2) is 34.4 Å². The molecule has 0 amide bonds. The van der Waals surface area contributed by atoms with Crippen molar-refractivity contribution in [3.63, 3.8) is 0 Å². The molecule has 0 spiro atoms. The minimum absolute atomic E-state index is 0.0871. The molecule has 110 valence electrons. The maximum absolute atomic E-state index is 11.9. The van der Waals surface area contributed by atoms with E-state index in [4.69, 9.17) is 0 Å². The number of nitrogens with zero attached hydrogens (tertiary/aromatic N) is 2. The average molecular weight is 315 g/mol. The second-order valence-corrected chi connectivity index (χ2v) is 5.31. The number of aromatic hydroxyl groups is 1. The number of benzene rings is 1. The van der Waals surface area contributed by atoms with E-state index in [0.717, 1.165) is 16.9 Å². The predicted octanol–water partition coefficient (Wildman–Crippen LogP) is 2.77. The molecule has 0 saturated carbocycles. The number of hydrogen-bond donors (Lipinski definition) is 2. The van der Waals surface area contributed by atoms with Crippen LogP contribution in [-0.4, -0.2) is 20.0 Å². The molecular weight excluding hydrogens is 306 g/mol. The molecule has 0 unspecified atom stereocenters. The van der Waals surface area contributed by atoms with Gasteiger partial charge in [0.2, 0.25) is 0 Å². The first-order valence-corrected chi connectivity index (χ1v) is 7.05. The van der Waals surface area contributed by atoms with Gasteiger partial charge in [0.25, 0.3) is 5.56 Å². The summed E-state index contributed by atoms with van der Waals surface area (Å²) >= 11 is 0.994. The van der Waals surface area contributed by atoms with Crippen LogP contribution in [-0.2, 0) is 0 Å². The number of phenolic OH excluding ortho intramolecular Hbond substituents is 1. The van der Waals surface area contributed by atoms with Crippen LogP contribution in [0.4, 0.5) is 5.69 Å². The molecule has 3 rings (SSSR count). The van der Waals surface area contributed by atoms with Crippen molar-refractivity contribution < 1.29 is 10.0 Å². The van der Waals surface area contributed by atoms with Crippen LogP contribution < -0.4 is 5.56 Å². The molecule has 2 N–H and O–H groups in total. The van der Waals surface area contributed by atoms with Gasteiger partial charge in [-0.2, -0.15) is 0 Å². The molecule has 3 aromatic rings. The topological polar surface area (TPSA) is 109 Å². The number of phenols is 1. The lowest BCUT2D eigenvalue weighted by Crippen LogP contribution is -2.08. The lowest BCUT2D eigenvalue weighted by molar-refractivity contribution is -0.382. The van der Waals surface area contributed by atoms with Crippen molar-refractivity contribution in [3.05, 3.63) is 61.5 Å². The number of thiophene rings is 1. The molecule has 0 bridgehead atoms. The Balaban J connectivity index is 2.04. The van der Waals surface area contributed by atoms with Crippen LogP contribution in [0.5, 0.6) is 5.75 Å². The quantitative estimate of drug-likeness (QED) is 0.570. The Morgan fingerprint density at radius 1 is 1.27 bits per heavy atom. The number of aromatic nitrogens is 2. The lowest BCUT2D eigenvalue weighted by Gasteiger charge is -1.96. The van der Waals surface area contributed by atoms with Gasteiger partial charge in [0.15, 0.2) is 5.52 Å². The summed E-state index contributed by atoms with van der Waals surface area (Å²) in [5.41, 5.74) is 0.295. The highest BCUT2D eigenvalue weighted by molar-refractivity contribution is 7.17. The van der Waals surface area contributed by atoms with Gasteiger partial charge in [-0.05, 0) is 23.8 Å². The van der Waals surface area contributed by atoms with E-state index < -0.39 is 10.5 Å². The standard InChI is InChI=1S/C14H9N3O4S/c18-9-4-1-8(2-5-9)3-6-11-15-12-10(17(20)21)7-22-13(12)14(19)16-11/h1-7,18H,(H,15,16,19)/b6-3+. The Hall–Kier alpha value is -3.00. The van der Waals surface area contributed by atoms with Gasteiger partial charge in [0, 0.05) is 0 Å². The SMILES string of the molecule is O=c1[nH]c(/C=C/c2ccc(O)cc2)nc2c([N+](=O)[O-])csc12. The van der Waals surface area contributed by atoms with E-state index >= 15 is 0 Å². The molecule has 0 saturated heterocycles. The maximum atomic E-state index is 11.9. The third kappa shape index (κ3) is 2.59. The third-order valence-corrected chi connectivity index (χ3v) is 3.91. The Bertz CT molecular complexity index is 941. The molecule has 1 aromatic carbocycles. The number of fused-ring (bicyclic) bond motifs is 1. The molecule has 0 aliphatic carbocycles. The Morgan fingerprint density at radius 3 is 2.68 bits per heavy atom. The van der Waals surface area contributed by atoms with Crippen molar-refractivity contribution in [3.8, 4) is 5.75 Å². The van der Waals surface area contributed by atoms with Crippen molar-refractivity contribution in [2.45, 2.75) is 0 Å². The Labute approximate surface area is 127 Å². The third-order valence-electron chi connectivity index (χ3n) is 2.95. The van der Waals surface area contributed by atoms with Gasteiger partial charge in [0.05, 0.1) is 10.3 Å². The minimum atomic E-state index is -0.557. The molecule has 0 aliphatic heterocycles. The highest BCUT2D eigenvalue weighted by atomic mass is 32.1.